The second-order valence-electron chi connectivity index (χ2n) is 7.08. The highest BCUT2D eigenvalue weighted by Crippen LogP contribution is 2.50. The van der Waals surface area contributed by atoms with Gasteiger partial charge in [-0.15, -0.1) is 0 Å². The molecule has 0 aliphatic carbocycles. The van der Waals surface area contributed by atoms with Gasteiger partial charge in [0.25, 0.3) is 0 Å². The fourth-order valence-electron chi connectivity index (χ4n) is 3.03. The summed E-state index contributed by atoms with van der Waals surface area (Å²) >= 11 is 0. The molecule has 0 spiro atoms. The predicted molar refractivity (Wildman–Crippen MR) is 108 cm³/mol. The lowest BCUT2D eigenvalue weighted by Crippen LogP contribution is -2.06. The van der Waals surface area contributed by atoms with Gasteiger partial charge in [0.05, 0.1) is 6.61 Å². The van der Waals surface area contributed by atoms with E-state index in [1.807, 2.05) is 12.1 Å². The van der Waals surface area contributed by atoms with Gasteiger partial charge in [0.2, 0.25) is 0 Å². The summed E-state index contributed by atoms with van der Waals surface area (Å²) in [5.41, 5.74) is 0.941. The summed E-state index contributed by atoms with van der Waals surface area (Å²) in [6.45, 7) is 2.02. The maximum Gasteiger partial charge on any atom is 0.540 e. The SMILES string of the molecule is CCCCCCCCCCCCc1ccccc1OOP1(=O)OCCOOOOO1. The average molecular weight is 448 g/mol. The third-order valence-electron chi connectivity index (χ3n) is 4.63. The minimum atomic E-state index is -4.18. The highest BCUT2D eigenvalue weighted by atomic mass is 31.2. The van der Waals surface area contributed by atoms with Crippen LogP contribution in [0.5, 0.6) is 5.75 Å². The van der Waals surface area contributed by atoms with Crippen molar-refractivity contribution in [1.29, 1.82) is 0 Å². The first-order valence-corrected chi connectivity index (χ1v) is 12.2. The molecule has 1 aliphatic rings. The van der Waals surface area contributed by atoms with Crippen molar-refractivity contribution in [3.05, 3.63) is 29.8 Å². The summed E-state index contributed by atoms with van der Waals surface area (Å²) in [7, 11) is -4.18. The van der Waals surface area contributed by atoms with Crippen LogP contribution < -0.4 is 4.89 Å². The van der Waals surface area contributed by atoms with E-state index in [4.69, 9.17) is 14.1 Å². The molecule has 1 unspecified atom stereocenters. The number of hydrogen-bond acceptors (Lipinski definition) is 9. The summed E-state index contributed by atoms with van der Waals surface area (Å²) in [6.07, 6.45) is 13.5. The first-order valence-electron chi connectivity index (χ1n) is 10.7. The van der Waals surface area contributed by atoms with E-state index in [1.165, 1.54) is 51.4 Å². The Kier molecular flexibility index (Phi) is 13.2. The fourth-order valence-corrected chi connectivity index (χ4v) is 3.71. The standard InChI is InChI=1S/C20H33O9P/c1-2-3-4-5-6-7-8-9-10-11-14-19-15-12-13-16-20(19)24-28-30(21)23-18-17-22-25-26-27-29-30/h12-13,15-16H,2-11,14,17-18H2,1H3. The molecule has 1 aromatic carbocycles. The third kappa shape index (κ3) is 10.8. The molecule has 0 aromatic heterocycles. The van der Waals surface area contributed by atoms with Gasteiger partial charge in [0, 0.05) is 0 Å². The smallest absolute Gasteiger partial charge is 0.327 e. The van der Waals surface area contributed by atoms with Crippen LogP contribution >= 0.6 is 7.82 Å². The summed E-state index contributed by atoms with van der Waals surface area (Å²) in [5.74, 6) is 0.434. The number of benzene rings is 1. The maximum absolute atomic E-state index is 12.4. The van der Waals surface area contributed by atoms with Crippen molar-refractivity contribution in [2.24, 2.45) is 0 Å². The molecule has 0 radical (unpaired) electrons. The van der Waals surface area contributed by atoms with Gasteiger partial charge in [0.15, 0.2) is 5.75 Å². The highest BCUT2D eigenvalue weighted by molar-refractivity contribution is 7.48. The second-order valence-corrected chi connectivity index (χ2v) is 8.53. The Morgan fingerprint density at radius 3 is 2.33 bits per heavy atom. The van der Waals surface area contributed by atoms with Crippen LogP contribution in [0.1, 0.15) is 76.7 Å². The van der Waals surface area contributed by atoms with Gasteiger partial charge in [-0.1, -0.05) is 92.3 Å². The highest BCUT2D eigenvalue weighted by Gasteiger charge is 2.33. The van der Waals surface area contributed by atoms with Crippen molar-refractivity contribution < 1.29 is 43.3 Å². The van der Waals surface area contributed by atoms with Gasteiger partial charge in [-0.3, -0.25) is 4.52 Å². The largest absolute Gasteiger partial charge is 0.540 e. The molecule has 0 amide bonds. The van der Waals surface area contributed by atoms with Crippen molar-refractivity contribution in [2.45, 2.75) is 77.6 Å². The van der Waals surface area contributed by atoms with Crippen LogP contribution in [-0.2, 0) is 44.9 Å². The Morgan fingerprint density at radius 2 is 1.57 bits per heavy atom. The van der Waals surface area contributed by atoms with Crippen molar-refractivity contribution in [3.8, 4) is 5.75 Å². The van der Waals surface area contributed by atoms with E-state index in [2.05, 4.69) is 31.6 Å². The molecular weight excluding hydrogens is 415 g/mol. The molecule has 9 nitrogen and oxygen atoms in total. The molecule has 0 N–H and O–H groups in total. The zero-order valence-corrected chi connectivity index (χ0v) is 18.5. The van der Waals surface area contributed by atoms with Gasteiger partial charge in [-0.2, -0.15) is 0 Å². The lowest BCUT2D eigenvalue weighted by molar-refractivity contribution is -0.692. The van der Waals surface area contributed by atoms with Crippen molar-refractivity contribution in [3.63, 3.8) is 0 Å². The van der Waals surface area contributed by atoms with E-state index in [9.17, 15) is 4.57 Å². The summed E-state index contributed by atoms with van der Waals surface area (Å²) in [6, 6.07) is 7.37. The molecule has 1 atom stereocenters. The normalized spacial score (nSPS) is 20.3. The predicted octanol–water partition coefficient (Wildman–Crippen LogP) is 6.34. The summed E-state index contributed by atoms with van der Waals surface area (Å²) in [5, 5.41) is 12.2. The zero-order chi connectivity index (χ0) is 21.3. The van der Waals surface area contributed by atoms with Crippen molar-refractivity contribution in [1.82, 2.24) is 0 Å². The minimum Gasteiger partial charge on any atom is -0.327 e. The van der Waals surface area contributed by atoms with E-state index in [0.717, 1.165) is 24.8 Å². The number of phosphoric acid groups is 1. The molecular formula is C20H33O9P. The van der Waals surface area contributed by atoms with Crippen LogP contribution in [0.4, 0.5) is 0 Å². The molecule has 30 heavy (non-hydrogen) atoms. The van der Waals surface area contributed by atoms with Crippen LogP contribution in [0.15, 0.2) is 24.3 Å². The number of para-hydroxylation sites is 1. The summed E-state index contributed by atoms with van der Waals surface area (Å²) in [4.78, 5) is 9.69. The lowest BCUT2D eigenvalue weighted by Gasteiger charge is -2.14. The molecule has 2 rings (SSSR count). The molecule has 1 saturated heterocycles. The molecule has 10 heteroatoms. The number of aryl methyl sites for hydroxylation is 1. The number of unbranched alkanes of at least 4 members (excludes halogenated alkanes) is 9. The van der Waals surface area contributed by atoms with E-state index < -0.39 is 7.82 Å². The van der Waals surface area contributed by atoms with Gasteiger partial charge in [0.1, 0.15) is 6.61 Å². The molecule has 0 saturated carbocycles. The van der Waals surface area contributed by atoms with Crippen LogP contribution in [0.2, 0.25) is 0 Å². The number of rotatable bonds is 14. The van der Waals surface area contributed by atoms with Crippen LogP contribution in [0, 0.1) is 0 Å². The fraction of sp³-hybridized carbons (Fsp3) is 0.700. The van der Waals surface area contributed by atoms with Crippen LogP contribution in [0.3, 0.4) is 0 Å². The Balaban J connectivity index is 1.67. The molecule has 1 aliphatic heterocycles. The van der Waals surface area contributed by atoms with E-state index in [0.29, 0.717) is 5.75 Å². The average Bonchev–Trinajstić information content (AvgIpc) is 2.86. The monoisotopic (exact) mass is 448 g/mol. The Labute approximate surface area is 178 Å². The lowest BCUT2D eigenvalue weighted by atomic mass is 10.0. The quantitative estimate of drug-likeness (QED) is 0.140. The second kappa shape index (κ2) is 15.7. The Morgan fingerprint density at radius 1 is 0.867 bits per heavy atom. The van der Waals surface area contributed by atoms with E-state index in [-0.39, 0.29) is 13.2 Å². The Bertz CT molecular complexity index is 600. The molecule has 1 fully saturated rings. The van der Waals surface area contributed by atoms with Crippen molar-refractivity contribution >= 4 is 7.82 Å². The van der Waals surface area contributed by atoms with Gasteiger partial charge in [-0.05, 0) is 39.6 Å². The first-order chi connectivity index (χ1) is 14.7. The third-order valence-corrected chi connectivity index (χ3v) is 5.63. The Hall–Kier alpha value is -1.03. The van der Waals surface area contributed by atoms with E-state index >= 15 is 0 Å². The van der Waals surface area contributed by atoms with Crippen molar-refractivity contribution in [2.75, 3.05) is 13.2 Å². The van der Waals surface area contributed by atoms with Gasteiger partial charge < -0.3 is 4.89 Å². The van der Waals surface area contributed by atoms with Gasteiger partial charge >= 0.3 is 7.82 Å². The topological polar surface area (TPSA) is 90.9 Å². The first kappa shape index (κ1) is 25.2. The van der Waals surface area contributed by atoms with E-state index in [1.54, 1.807) is 12.1 Å². The van der Waals surface area contributed by atoms with Crippen LogP contribution in [0.25, 0.3) is 0 Å². The molecule has 172 valence electrons. The van der Waals surface area contributed by atoms with Crippen LogP contribution in [-0.4, -0.2) is 13.2 Å². The molecule has 0 bridgehead atoms. The molecule has 1 heterocycles. The number of hydrogen-bond donors (Lipinski definition) is 0. The molecule has 1 aromatic rings. The van der Waals surface area contributed by atoms with Gasteiger partial charge in [-0.25, -0.2) is 9.45 Å². The summed E-state index contributed by atoms with van der Waals surface area (Å²) < 4.78 is 26.7. The maximum atomic E-state index is 12.4. The zero-order valence-electron chi connectivity index (χ0n) is 17.6. The minimum absolute atomic E-state index is 0.0740.